The Labute approximate surface area is 296 Å². The fourth-order valence-corrected chi connectivity index (χ4v) is 10.5. The highest BCUT2D eigenvalue weighted by molar-refractivity contribution is 6.41. The third kappa shape index (κ3) is 2.91. The molecule has 0 unspecified atom stereocenters. The molecule has 0 radical (unpaired) electrons. The first-order valence-electron chi connectivity index (χ1n) is 18.5. The van der Waals surface area contributed by atoms with E-state index in [1.165, 1.54) is 109 Å². The second kappa shape index (κ2) is 8.96. The Morgan fingerprint density at radius 3 is 1.17 bits per heavy atom. The molecule has 6 heterocycles. The van der Waals surface area contributed by atoms with E-state index in [-0.39, 0.29) is 11.8 Å². The Hall–Kier alpha value is -6.26. The molecule has 4 heteroatoms. The molecular weight excluding hydrogens is 637 g/mol. The summed E-state index contributed by atoms with van der Waals surface area (Å²) >= 11 is 0. The maximum Gasteiger partial charge on any atom is 0.136 e. The monoisotopic (exact) mass is 668 g/mol. The van der Waals surface area contributed by atoms with E-state index in [0.29, 0.717) is 0 Å². The first-order valence-corrected chi connectivity index (χ1v) is 18.5. The largest absolute Gasteiger partial charge is 0.456 e. The summed E-state index contributed by atoms with van der Waals surface area (Å²) in [6.07, 6.45) is 0. The predicted molar refractivity (Wildman–Crippen MR) is 218 cm³/mol. The molecule has 0 spiro atoms. The fraction of sp³-hybridized carbons (Fsp3) is 0.125. The van der Waals surface area contributed by atoms with Crippen molar-refractivity contribution in [2.45, 2.75) is 39.5 Å². The second-order valence-corrected chi connectivity index (χ2v) is 15.5. The van der Waals surface area contributed by atoms with Gasteiger partial charge in [0.25, 0.3) is 0 Å². The van der Waals surface area contributed by atoms with E-state index in [9.17, 15) is 0 Å². The standard InChI is InChI=1S/C48H32N2O2/c1-23(2)37-41-43-39-27-15-7-11-19-33(27)51-35(39)21-29-26-14-6-10-18-32(26)50(45(29)43)48(41)38(24(3)4)42-44-40-28-16-8-12-20-34(28)52-36(40)22-30-25-13-5-9-17-31(25)49(46(30)44)47(37)42/h5-24H,1-4H3. The highest BCUT2D eigenvalue weighted by Crippen LogP contribution is 2.55. The van der Waals surface area contributed by atoms with Crippen molar-refractivity contribution in [3.8, 4) is 0 Å². The van der Waals surface area contributed by atoms with Crippen molar-refractivity contribution >= 4 is 120 Å². The molecule has 7 aromatic carbocycles. The number of fused-ring (bicyclic) bond motifs is 20. The van der Waals surface area contributed by atoms with E-state index in [0.717, 1.165) is 22.3 Å². The lowest BCUT2D eigenvalue weighted by Crippen LogP contribution is -2.00. The third-order valence-corrected chi connectivity index (χ3v) is 12.2. The lowest BCUT2D eigenvalue weighted by Gasteiger charge is -2.19. The molecule has 0 saturated heterocycles. The number of rotatable bonds is 2. The molecule has 0 bridgehead atoms. The van der Waals surface area contributed by atoms with Gasteiger partial charge in [0, 0.05) is 64.6 Å². The third-order valence-electron chi connectivity index (χ3n) is 12.2. The lowest BCUT2D eigenvalue weighted by molar-refractivity contribution is 0.669. The number of nitrogens with zero attached hydrogens (tertiary/aromatic N) is 2. The highest BCUT2D eigenvalue weighted by Gasteiger charge is 2.33. The summed E-state index contributed by atoms with van der Waals surface area (Å²) in [5, 5.41) is 15.1. The van der Waals surface area contributed by atoms with E-state index in [1.54, 1.807) is 0 Å². The van der Waals surface area contributed by atoms with Gasteiger partial charge in [-0.25, -0.2) is 0 Å². The molecule has 13 rings (SSSR count). The Balaban J connectivity index is 1.47. The number of para-hydroxylation sites is 4. The van der Waals surface area contributed by atoms with Gasteiger partial charge in [0.1, 0.15) is 22.3 Å². The molecule has 0 saturated carbocycles. The summed E-state index contributed by atoms with van der Waals surface area (Å²) in [6.45, 7) is 9.54. The molecule has 6 aromatic heterocycles. The molecule has 0 aliphatic carbocycles. The molecule has 13 aromatic rings. The van der Waals surface area contributed by atoms with Crippen LogP contribution in [0.4, 0.5) is 0 Å². The average molecular weight is 669 g/mol. The maximum atomic E-state index is 6.73. The van der Waals surface area contributed by atoms with Crippen LogP contribution in [-0.2, 0) is 0 Å². The average Bonchev–Trinajstić information content (AvgIpc) is 3.98. The van der Waals surface area contributed by atoms with Crippen LogP contribution < -0.4 is 0 Å². The Morgan fingerprint density at radius 2 is 0.750 bits per heavy atom. The minimum absolute atomic E-state index is 0.227. The molecule has 0 atom stereocenters. The highest BCUT2D eigenvalue weighted by atomic mass is 16.3. The second-order valence-electron chi connectivity index (χ2n) is 15.5. The molecule has 0 aliphatic heterocycles. The molecule has 246 valence electrons. The zero-order valence-corrected chi connectivity index (χ0v) is 29.3. The SMILES string of the molecule is CC(C)c1c2c3c4c(cc5c6ccccc6n(c2c(C(C)C)c2c6c7c(cc8c9ccccc9n(c12)c86)oc1ccccc17)c53)oc1ccccc14. The van der Waals surface area contributed by atoms with E-state index >= 15 is 0 Å². The molecule has 52 heavy (non-hydrogen) atoms. The topological polar surface area (TPSA) is 35.1 Å². The van der Waals surface area contributed by atoms with Gasteiger partial charge in [-0.15, -0.1) is 0 Å². The van der Waals surface area contributed by atoms with Crippen molar-refractivity contribution in [2.24, 2.45) is 0 Å². The van der Waals surface area contributed by atoms with Crippen molar-refractivity contribution in [3.05, 3.63) is 120 Å². The summed E-state index contributed by atoms with van der Waals surface area (Å²) in [5.74, 6) is 0.454. The first kappa shape index (κ1) is 27.5. The number of furan rings is 2. The summed E-state index contributed by atoms with van der Waals surface area (Å²) < 4.78 is 18.7. The van der Waals surface area contributed by atoms with Crippen molar-refractivity contribution in [2.75, 3.05) is 0 Å². The molecule has 0 fully saturated rings. The van der Waals surface area contributed by atoms with Gasteiger partial charge in [-0.05, 0) is 59.4 Å². The van der Waals surface area contributed by atoms with Crippen LogP contribution in [0.5, 0.6) is 0 Å². The van der Waals surface area contributed by atoms with Crippen molar-refractivity contribution in [1.82, 2.24) is 8.80 Å². The van der Waals surface area contributed by atoms with Crippen LogP contribution in [-0.4, -0.2) is 8.80 Å². The number of hydrogen-bond donors (Lipinski definition) is 0. The summed E-state index contributed by atoms with van der Waals surface area (Å²) in [7, 11) is 0. The summed E-state index contributed by atoms with van der Waals surface area (Å²) in [4.78, 5) is 0. The fourth-order valence-electron chi connectivity index (χ4n) is 10.5. The smallest absolute Gasteiger partial charge is 0.136 e. The van der Waals surface area contributed by atoms with Gasteiger partial charge in [0.2, 0.25) is 0 Å². The minimum Gasteiger partial charge on any atom is -0.456 e. The van der Waals surface area contributed by atoms with Gasteiger partial charge in [0.05, 0.1) is 33.1 Å². The Morgan fingerprint density at radius 1 is 0.365 bits per heavy atom. The van der Waals surface area contributed by atoms with Crippen molar-refractivity contribution < 1.29 is 8.83 Å². The van der Waals surface area contributed by atoms with Crippen LogP contribution in [0.25, 0.3) is 120 Å². The molecule has 0 aliphatic rings. The minimum atomic E-state index is 0.227. The molecule has 0 N–H and O–H groups in total. The quantitative estimate of drug-likeness (QED) is 0.184. The van der Waals surface area contributed by atoms with Crippen molar-refractivity contribution in [3.63, 3.8) is 0 Å². The lowest BCUT2D eigenvalue weighted by atomic mass is 9.86. The van der Waals surface area contributed by atoms with Gasteiger partial charge in [0.15, 0.2) is 0 Å². The van der Waals surface area contributed by atoms with Gasteiger partial charge in [-0.2, -0.15) is 0 Å². The zero-order chi connectivity index (χ0) is 34.3. The molecular formula is C48H32N2O2. The maximum absolute atomic E-state index is 6.73. The van der Waals surface area contributed by atoms with E-state index < -0.39 is 0 Å². The van der Waals surface area contributed by atoms with Gasteiger partial charge in [-0.1, -0.05) is 100 Å². The van der Waals surface area contributed by atoms with Gasteiger partial charge in [-0.3, -0.25) is 0 Å². The molecule has 0 amide bonds. The van der Waals surface area contributed by atoms with Crippen LogP contribution in [0, 0.1) is 0 Å². The van der Waals surface area contributed by atoms with Crippen LogP contribution in [0.15, 0.2) is 118 Å². The van der Waals surface area contributed by atoms with Crippen molar-refractivity contribution in [1.29, 1.82) is 0 Å². The number of hydrogen-bond acceptors (Lipinski definition) is 2. The Bertz CT molecular complexity index is 3450. The van der Waals surface area contributed by atoms with E-state index in [4.69, 9.17) is 8.83 Å². The predicted octanol–water partition coefficient (Wildman–Crippen LogP) is 14.0. The summed E-state index contributed by atoms with van der Waals surface area (Å²) in [5.41, 5.74) is 14.3. The van der Waals surface area contributed by atoms with E-state index in [2.05, 4.69) is 146 Å². The normalized spacial score (nSPS) is 13.3. The van der Waals surface area contributed by atoms with Gasteiger partial charge < -0.3 is 17.6 Å². The Kier molecular flexibility index (Phi) is 4.73. The zero-order valence-electron chi connectivity index (χ0n) is 29.3. The van der Waals surface area contributed by atoms with E-state index in [1.807, 2.05) is 0 Å². The van der Waals surface area contributed by atoms with Crippen LogP contribution in [0.1, 0.15) is 50.7 Å². The van der Waals surface area contributed by atoms with Crippen LogP contribution >= 0.6 is 0 Å². The first-order chi connectivity index (χ1) is 25.5. The number of benzene rings is 7. The van der Waals surface area contributed by atoms with Gasteiger partial charge >= 0.3 is 0 Å². The van der Waals surface area contributed by atoms with Crippen LogP contribution in [0.3, 0.4) is 0 Å². The molecule has 4 nitrogen and oxygen atoms in total. The van der Waals surface area contributed by atoms with Crippen LogP contribution in [0.2, 0.25) is 0 Å². The summed E-state index contributed by atoms with van der Waals surface area (Å²) in [6, 6.07) is 39.6. The number of aromatic nitrogens is 2.